The summed E-state index contributed by atoms with van der Waals surface area (Å²) in [7, 11) is 0. The van der Waals surface area contributed by atoms with Gasteiger partial charge in [0.1, 0.15) is 5.75 Å². The molecule has 25 heavy (non-hydrogen) atoms. The van der Waals surface area contributed by atoms with Crippen LogP contribution < -0.4 is 15.4 Å². The molecule has 0 unspecified atom stereocenters. The molecule has 0 saturated heterocycles. The van der Waals surface area contributed by atoms with Gasteiger partial charge >= 0.3 is 0 Å². The molecule has 0 atom stereocenters. The second-order valence-electron chi connectivity index (χ2n) is 6.04. The topological polar surface area (TPSA) is 67.4 Å². The van der Waals surface area contributed by atoms with Crippen LogP contribution in [0.4, 0.5) is 11.4 Å². The van der Waals surface area contributed by atoms with Gasteiger partial charge in [-0.05, 0) is 50.1 Å². The van der Waals surface area contributed by atoms with Gasteiger partial charge in [0.2, 0.25) is 5.91 Å². The Bertz CT molecular complexity index is 785. The first kappa shape index (κ1) is 18.5. The van der Waals surface area contributed by atoms with Gasteiger partial charge in [-0.3, -0.25) is 9.59 Å². The Labute approximate surface area is 148 Å². The van der Waals surface area contributed by atoms with Gasteiger partial charge in [0.15, 0.2) is 6.61 Å². The molecule has 0 aromatic heterocycles. The molecule has 0 bridgehead atoms. The lowest BCUT2D eigenvalue weighted by Gasteiger charge is -2.12. The number of anilines is 2. The first-order valence-corrected chi connectivity index (χ1v) is 8.29. The van der Waals surface area contributed by atoms with Crippen molar-refractivity contribution in [2.45, 2.75) is 34.1 Å². The standard InChI is InChI=1S/C20H24N2O3/c1-5-19(23)22-17-11-16(8-7-14(17)3)21-20(24)12-25-18-9-6-13(2)10-15(18)4/h6-11H,5,12H2,1-4H3,(H,21,24)(H,22,23). The molecule has 0 aliphatic carbocycles. The minimum Gasteiger partial charge on any atom is -0.483 e. The van der Waals surface area contributed by atoms with Crippen LogP contribution in [-0.4, -0.2) is 18.4 Å². The van der Waals surface area contributed by atoms with Gasteiger partial charge in [0, 0.05) is 17.8 Å². The Hall–Kier alpha value is -2.82. The fraction of sp³-hybridized carbons (Fsp3) is 0.300. The molecule has 2 N–H and O–H groups in total. The first-order chi connectivity index (χ1) is 11.9. The van der Waals surface area contributed by atoms with Crippen molar-refractivity contribution in [2.24, 2.45) is 0 Å². The van der Waals surface area contributed by atoms with Crippen molar-refractivity contribution in [3.8, 4) is 5.75 Å². The average molecular weight is 340 g/mol. The lowest BCUT2D eigenvalue weighted by molar-refractivity contribution is -0.118. The zero-order valence-corrected chi connectivity index (χ0v) is 15.1. The molecule has 2 aromatic rings. The molecule has 132 valence electrons. The van der Waals surface area contributed by atoms with Crippen molar-refractivity contribution < 1.29 is 14.3 Å². The summed E-state index contributed by atoms with van der Waals surface area (Å²) < 4.78 is 5.58. The molecule has 0 radical (unpaired) electrons. The van der Waals surface area contributed by atoms with Crippen LogP contribution >= 0.6 is 0 Å². The van der Waals surface area contributed by atoms with Crippen molar-refractivity contribution in [3.63, 3.8) is 0 Å². The van der Waals surface area contributed by atoms with Crippen LogP contribution in [0.25, 0.3) is 0 Å². The Morgan fingerprint density at radius 1 is 0.920 bits per heavy atom. The van der Waals surface area contributed by atoms with E-state index < -0.39 is 0 Å². The van der Waals surface area contributed by atoms with Crippen molar-refractivity contribution in [1.29, 1.82) is 0 Å². The maximum absolute atomic E-state index is 12.1. The largest absolute Gasteiger partial charge is 0.483 e. The molecule has 0 spiro atoms. The predicted molar refractivity (Wildman–Crippen MR) is 100 cm³/mol. The minimum atomic E-state index is -0.253. The van der Waals surface area contributed by atoms with Gasteiger partial charge in [-0.25, -0.2) is 0 Å². The molecule has 2 aromatic carbocycles. The van der Waals surface area contributed by atoms with Gasteiger partial charge < -0.3 is 15.4 Å². The number of benzene rings is 2. The number of ether oxygens (including phenoxy) is 1. The number of carbonyl (C=O) groups is 2. The molecule has 5 heteroatoms. The summed E-state index contributed by atoms with van der Waals surface area (Å²) in [5.41, 5.74) is 4.39. The SMILES string of the molecule is CCC(=O)Nc1cc(NC(=O)COc2ccc(C)cc2C)ccc1C. The summed E-state index contributed by atoms with van der Waals surface area (Å²) >= 11 is 0. The lowest BCUT2D eigenvalue weighted by atomic mass is 10.1. The van der Waals surface area contributed by atoms with E-state index in [2.05, 4.69) is 10.6 Å². The summed E-state index contributed by atoms with van der Waals surface area (Å²) in [6, 6.07) is 11.2. The third-order valence-corrected chi connectivity index (χ3v) is 3.81. The minimum absolute atomic E-state index is 0.0650. The fourth-order valence-corrected chi connectivity index (χ4v) is 2.37. The summed E-state index contributed by atoms with van der Waals surface area (Å²) in [6.45, 7) is 7.58. The van der Waals surface area contributed by atoms with Gasteiger partial charge in [0.05, 0.1) is 0 Å². The van der Waals surface area contributed by atoms with E-state index >= 15 is 0 Å². The predicted octanol–water partition coefficient (Wildman–Crippen LogP) is 3.98. The average Bonchev–Trinajstić information content (AvgIpc) is 2.57. The Kier molecular flexibility index (Phi) is 6.17. The summed E-state index contributed by atoms with van der Waals surface area (Å²) in [4.78, 5) is 23.7. The number of hydrogen-bond acceptors (Lipinski definition) is 3. The van der Waals surface area contributed by atoms with Crippen LogP contribution in [-0.2, 0) is 9.59 Å². The molecule has 0 aliphatic rings. The molecule has 0 fully saturated rings. The molecule has 0 aliphatic heterocycles. The van der Waals surface area contributed by atoms with Crippen molar-refractivity contribution >= 4 is 23.2 Å². The molecule has 2 rings (SSSR count). The number of carbonyl (C=O) groups excluding carboxylic acids is 2. The van der Waals surface area contributed by atoms with Gasteiger partial charge in [-0.1, -0.05) is 30.7 Å². The van der Waals surface area contributed by atoms with Gasteiger partial charge in [-0.2, -0.15) is 0 Å². The van der Waals surface area contributed by atoms with E-state index in [1.165, 1.54) is 0 Å². The first-order valence-electron chi connectivity index (χ1n) is 8.29. The molecule has 0 saturated carbocycles. The Balaban J connectivity index is 1.98. The number of amides is 2. The number of aryl methyl sites for hydroxylation is 3. The van der Waals surface area contributed by atoms with E-state index in [1.54, 1.807) is 19.1 Å². The zero-order valence-electron chi connectivity index (χ0n) is 15.1. The monoisotopic (exact) mass is 340 g/mol. The van der Waals surface area contributed by atoms with E-state index in [0.717, 1.165) is 16.7 Å². The van der Waals surface area contributed by atoms with E-state index in [0.29, 0.717) is 23.5 Å². The lowest BCUT2D eigenvalue weighted by Crippen LogP contribution is -2.20. The third kappa shape index (κ3) is 5.35. The summed E-state index contributed by atoms with van der Waals surface area (Å²) in [5.74, 6) is 0.377. The van der Waals surface area contributed by atoms with Crippen LogP contribution in [0.2, 0.25) is 0 Å². The summed E-state index contributed by atoms with van der Waals surface area (Å²) in [5, 5.41) is 5.61. The second kappa shape index (κ2) is 8.33. The van der Waals surface area contributed by atoms with Crippen LogP contribution in [0.3, 0.4) is 0 Å². The molecule has 2 amide bonds. The maximum Gasteiger partial charge on any atom is 0.262 e. The maximum atomic E-state index is 12.1. The fourth-order valence-electron chi connectivity index (χ4n) is 2.37. The summed E-state index contributed by atoms with van der Waals surface area (Å²) in [6.07, 6.45) is 0.403. The second-order valence-corrected chi connectivity index (χ2v) is 6.04. The highest BCUT2D eigenvalue weighted by Crippen LogP contribution is 2.21. The van der Waals surface area contributed by atoms with E-state index in [-0.39, 0.29) is 18.4 Å². The van der Waals surface area contributed by atoms with Gasteiger partial charge in [0.25, 0.3) is 5.91 Å². The van der Waals surface area contributed by atoms with E-state index in [4.69, 9.17) is 4.74 Å². The highest BCUT2D eigenvalue weighted by atomic mass is 16.5. The smallest absolute Gasteiger partial charge is 0.262 e. The number of hydrogen-bond donors (Lipinski definition) is 2. The van der Waals surface area contributed by atoms with Crippen LogP contribution in [0.15, 0.2) is 36.4 Å². The number of rotatable bonds is 6. The normalized spacial score (nSPS) is 10.2. The van der Waals surface area contributed by atoms with E-state index in [9.17, 15) is 9.59 Å². The van der Waals surface area contributed by atoms with E-state index in [1.807, 2.05) is 45.0 Å². The molecule has 5 nitrogen and oxygen atoms in total. The van der Waals surface area contributed by atoms with Crippen LogP contribution in [0, 0.1) is 20.8 Å². The van der Waals surface area contributed by atoms with Crippen molar-refractivity contribution in [3.05, 3.63) is 53.1 Å². The highest BCUT2D eigenvalue weighted by molar-refractivity contribution is 5.95. The molecule has 0 heterocycles. The highest BCUT2D eigenvalue weighted by Gasteiger charge is 2.08. The van der Waals surface area contributed by atoms with Gasteiger partial charge in [-0.15, -0.1) is 0 Å². The third-order valence-electron chi connectivity index (χ3n) is 3.81. The Morgan fingerprint density at radius 3 is 2.36 bits per heavy atom. The molecular formula is C20H24N2O3. The van der Waals surface area contributed by atoms with Crippen LogP contribution in [0.5, 0.6) is 5.75 Å². The number of nitrogens with one attached hydrogen (secondary N) is 2. The van der Waals surface area contributed by atoms with Crippen molar-refractivity contribution in [2.75, 3.05) is 17.2 Å². The van der Waals surface area contributed by atoms with Crippen LogP contribution in [0.1, 0.15) is 30.0 Å². The quantitative estimate of drug-likeness (QED) is 0.836. The Morgan fingerprint density at radius 2 is 1.68 bits per heavy atom. The molecular weight excluding hydrogens is 316 g/mol. The zero-order chi connectivity index (χ0) is 18.4. The van der Waals surface area contributed by atoms with Crippen molar-refractivity contribution in [1.82, 2.24) is 0 Å².